The van der Waals surface area contributed by atoms with E-state index in [1.54, 1.807) is 0 Å². The lowest BCUT2D eigenvalue weighted by molar-refractivity contribution is -0.138. The quantitative estimate of drug-likeness (QED) is 0.768. The van der Waals surface area contributed by atoms with Gasteiger partial charge in [0.15, 0.2) is 0 Å². The molecule has 3 amide bonds. The van der Waals surface area contributed by atoms with Crippen molar-refractivity contribution in [2.24, 2.45) is 0 Å². The number of halogens is 3. The SMILES string of the molecule is CC1(c2ccc(C#N)c(C(F)(F)F)c2)NC(=O)NC1=O. The predicted molar refractivity (Wildman–Crippen MR) is 60.2 cm³/mol. The van der Waals surface area contributed by atoms with Crippen LogP contribution in [-0.2, 0) is 16.5 Å². The Labute approximate surface area is 111 Å². The van der Waals surface area contributed by atoms with E-state index in [2.05, 4.69) is 5.32 Å². The number of hydrogen-bond donors (Lipinski definition) is 2. The van der Waals surface area contributed by atoms with Crippen LogP contribution in [0.1, 0.15) is 23.6 Å². The number of imide groups is 1. The molecule has 20 heavy (non-hydrogen) atoms. The number of rotatable bonds is 1. The Morgan fingerprint density at radius 1 is 1.30 bits per heavy atom. The topological polar surface area (TPSA) is 82.0 Å². The van der Waals surface area contributed by atoms with Gasteiger partial charge < -0.3 is 5.32 Å². The van der Waals surface area contributed by atoms with Crippen LogP contribution in [-0.4, -0.2) is 11.9 Å². The second kappa shape index (κ2) is 4.23. The van der Waals surface area contributed by atoms with Gasteiger partial charge in [-0.1, -0.05) is 6.07 Å². The first kappa shape index (κ1) is 13.9. The first-order valence-electron chi connectivity index (χ1n) is 5.44. The minimum Gasteiger partial charge on any atom is -0.320 e. The number of nitrogens with one attached hydrogen (secondary N) is 2. The normalized spacial score (nSPS) is 22.1. The first-order valence-corrected chi connectivity index (χ1v) is 5.44. The molecule has 2 rings (SSSR count). The Balaban J connectivity index is 2.58. The van der Waals surface area contributed by atoms with Crippen LogP contribution in [0.15, 0.2) is 18.2 Å². The number of urea groups is 1. The predicted octanol–water partition coefficient (Wildman–Crippen LogP) is 1.63. The second-order valence-electron chi connectivity index (χ2n) is 4.40. The summed E-state index contributed by atoms with van der Waals surface area (Å²) in [5.41, 5.74) is -3.33. The molecule has 1 aromatic carbocycles. The van der Waals surface area contributed by atoms with E-state index in [1.165, 1.54) is 19.1 Å². The summed E-state index contributed by atoms with van der Waals surface area (Å²) in [6.07, 6.45) is -4.73. The van der Waals surface area contributed by atoms with Crippen molar-refractivity contribution in [3.8, 4) is 6.07 Å². The van der Waals surface area contributed by atoms with Gasteiger partial charge in [-0.25, -0.2) is 4.79 Å². The van der Waals surface area contributed by atoms with Crippen LogP contribution in [0.2, 0.25) is 0 Å². The molecule has 2 N–H and O–H groups in total. The lowest BCUT2D eigenvalue weighted by atomic mass is 9.89. The van der Waals surface area contributed by atoms with E-state index >= 15 is 0 Å². The monoisotopic (exact) mass is 283 g/mol. The minimum atomic E-state index is -4.73. The van der Waals surface area contributed by atoms with E-state index in [9.17, 15) is 22.8 Å². The van der Waals surface area contributed by atoms with Crippen LogP contribution in [0.3, 0.4) is 0 Å². The van der Waals surface area contributed by atoms with Gasteiger partial charge in [-0.3, -0.25) is 10.1 Å². The van der Waals surface area contributed by atoms with Gasteiger partial charge in [-0.2, -0.15) is 18.4 Å². The molecule has 104 valence electrons. The zero-order chi connectivity index (χ0) is 15.1. The Bertz CT molecular complexity index is 648. The lowest BCUT2D eigenvalue weighted by Gasteiger charge is -2.22. The summed E-state index contributed by atoms with van der Waals surface area (Å²) in [5, 5.41) is 12.9. The van der Waals surface area contributed by atoms with Gasteiger partial charge in [0.05, 0.1) is 17.2 Å². The van der Waals surface area contributed by atoms with Crippen molar-refractivity contribution < 1.29 is 22.8 Å². The molecule has 1 atom stereocenters. The molecule has 0 aromatic heterocycles. The van der Waals surface area contributed by atoms with Crippen molar-refractivity contribution in [2.75, 3.05) is 0 Å². The molecular formula is C12H8F3N3O2. The maximum absolute atomic E-state index is 12.9. The molecule has 0 bridgehead atoms. The molecule has 1 saturated heterocycles. The standard InChI is InChI=1S/C12H8F3N3O2/c1-11(9(19)17-10(20)18-11)7-3-2-6(5-16)8(4-7)12(13,14)15/h2-4H,1H3,(H2,17,18,19,20). The van der Waals surface area contributed by atoms with E-state index in [-0.39, 0.29) is 5.56 Å². The number of carbonyl (C=O) groups excluding carboxylic acids is 2. The van der Waals surface area contributed by atoms with Crippen LogP contribution in [0.25, 0.3) is 0 Å². The summed E-state index contributed by atoms with van der Waals surface area (Å²) >= 11 is 0. The second-order valence-corrected chi connectivity index (χ2v) is 4.40. The molecule has 0 radical (unpaired) electrons. The fourth-order valence-electron chi connectivity index (χ4n) is 1.93. The summed E-state index contributed by atoms with van der Waals surface area (Å²) in [6.45, 7) is 1.29. The molecule has 0 aliphatic carbocycles. The van der Waals surface area contributed by atoms with Crippen molar-refractivity contribution in [3.63, 3.8) is 0 Å². The van der Waals surface area contributed by atoms with E-state index in [0.717, 1.165) is 6.07 Å². The summed E-state index contributed by atoms with van der Waals surface area (Å²) < 4.78 is 38.6. The average Bonchev–Trinajstić information content (AvgIpc) is 2.62. The van der Waals surface area contributed by atoms with Crippen molar-refractivity contribution in [1.29, 1.82) is 5.26 Å². The number of benzene rings is 1. The average molecular weight is 283 g/mol. The molecule has 1 aliphatic rings. The molecule has 0 spiro atoms. The highest BCUT2D eigenvalue weighted by Gasteiger charge is 2.45. The van der Waals surface area contributed by atoms with Crippen molar-refractivity contribution in [3.05, 3.63) is 34.9 Å². The number of carbonyl (C=O) groups is 2. The zero-order valence-corrected chi connectivity index (χ0v) is 10.1. The third-order valence-corrected chi connectivity index (χ3v) is 3.07. The third-order valence-electron chi connectivity index (χ3n) is 3.07. The Morgan fingerprint density at radius 2 is 1.95 bits per heavy atom. The van der Waals surface area contributed by atoms with Crippen LogP contribution < -0.4 is 10.6 Å². The van der Waals surface area contributed by atoms with Crippen LogP contribution in [0.4, 0.5) is 18.0 Å². The molecule has 1 unspecified atom stereocenters. The Morgan fingerprint density at radius 3 is 2.40 bits per heavy atom. The smallest absolute Gasteiger partial charge is 0.320 e. The van der Waals surface area contributed by atoms with Crippen LogP contribution >= 0.6 is 0 Å². The van der Waals surface area contributed by atoms with Gasteiger partial charge in [0, 0.05) is 0 Å². The zero-order valence-electron chi connectivity index (χ0n) is 10.1. The van der Waals surface area contributed by atoms with Gasteiger partial charge in [0.25, 0.3) is 5.91 Å². The fourth-order valence-corrected chi connectivity index (χ4v) is 1.93. The third kappa shape index (κ3) is 2.07. The number of amides is 3. The van der Waals surface area contributed by atoms with Crippen LogP contribution in [0.5, 0.6) is 0 Å². The minimum absolute atomic E-state index is 0.0489. The molecule has 0 saturated carbocycles. The molecular weight excluding hydrogens is 275 g/mol. The van der Waals surface area contributed by atoms with Crippen molar-refractivity contribution >= 4 is 11.9 Å². The molecule has 1 aliphatic heterocycles. The summed E-state index contributed by atoms with van der Waals surface area (Å²) in [4.78, 5) is 22.8. The summed E-state index contributed by atoms with van der Waals surface area (Å²) in [6, 6.07) is 3.54. The number of hydrogen-bond acceptors (Lipinski definition) is 3. The number of alkyl halides is 3. The molecule has 1 aromatic rings. The van der Waals surface area contributed by atoms with Crippen molar-refractivity contribution in [2.45, 2.75) is 18.6 Å². The van der Waals surface area contributed by atoms with Crippen molar-refractivity contribution in [1.82, 2.24) is 10.6 Å². The van der Waals surface area contributed by atoms with Gasteiger partial charge in [0.2, 0.25) is 0 Å². The highest BCUT2D eigenvalue weighted by molar-refractivity contribution is 6.07. The number of nitriles is 1. The summed E-state index contributed by atoms with van der Waals surface area (Å²) in [7, 11) is 0. The molecule has 5 nitrogen and oxygen atoms in total. The summed E-state index contributed by atoms with van der Waals surface area (Å²) in [5.74, 6) is -0.750. The highest BCUT2D eigenvalue weighted by atomic mass is 19.4. The van der Waals surface area contributed by atoms with Gasteiger partial charge in [-0.05, 0) is 24.6 Å². The van der Waals surface area contributed by atoms with Gasteiger partial charge >= 0.3 is 12.2 Å². The molecule has 1 heterocycles. The molecule has 8 heteroatoms. The van der Waals surface area contributed by atoms with E-state index in [1.807, 2.05) is 5.32 Å². The van der Waals surface area contributed by atoms with E-state index in [0.29, 0.717) is 6.07 Å². The van der Waals surface area contributed by atoms with Crippen LogP contribution in [0, 0.1) is 11.3 Å². The number of nitrogens with zero attached hydrogens (tertiary/aromatic N) is 1. The first-order chi connectivity index (χ1) is 9.18. The van der Waals surface area contributed by atoms with E-state index in [4.69, 9.17) is 5.26 Å². The maximum Gasteiger partial charge on any atom is 0.417 e. The maximum atomic E-state index is 12.9. The lowest BCUT2D eigenvalue weighted by Crippen LogP contribution is -2.40. The fraction of sp³-hybridized carbons (Fsp3) is 0.250. The Kier molecular flexibility index (Phi) is 2.93. The largest absolute Gasteiger partial charge is 0.417 e. The highest BCUT2D eigenvalue weighted by Crippen LogP contribution is 2.35. The van der Waals surface area contributed by atoms with E-state index < -0.39 is 34.8 Å². The van der Waals surface area contributed by atoms with Gasteiger partial charge in [-0.15, -0.1) is 0 Å². The van der Waals surface area contributed by atoms with Gasteiger partial charge in [0.1, 0.15) is 5.54 Å². The Hall–Kier alpha value is -2.56. The molecule has 1 fully saturated rings.